The second kappa shape index (κ2) is 9.21. The second-order valence-electron chi connectivity index (χ2n) is 7.14. The van der Waals surface area contributed by atoms with Crippen molar-refractivity contribution in [2.45, 2.75) is 25.8 Å². The monoisotopic (exact) mass is 418 g/mol. The molecule has 0 fully saturated rings. The van der Waals surface area contributed by atoms with Gasteiger partial charge in [-0.1, -0.05) is 42.5 Å². The molecule has 0 amide bonds. The zero-order chi connectivity index (χ0) is 21.6. The lowest BCUT2D eigenvalue weighted by Crippen LogP contribution is -2.14. The highest BCUT2D eigenvalue weighted by Crippen LogP contribution is 2.20. The predicted molar refractivity (Wildman–Crippen MR) is 116 cm³/mol. The molecule has 2 heterocycles. The van der Waals surface area contributed by atoms with Gasteiger partial charge in [0.2, 0.25) is 11.8 Å². The highest BCUT2D eigenvalue weighted by atomic mass is 16.4. The van der Waals surface area contributed by atoms with Gasteiger partial charge in [-0.2, -0.15) is 0 Å². The van der Waals surface area contributed by atoms with E-state index in [0.717, 1.165) is 22.1 Å². The van der Waals surface area contributed by atoms with Crippen LogP contribution in [0.4, 0.5) is 0 Å². The average molecular weight is 418 g/mol. The number of hydrogen-bond acceptors (Lipinski definition) is 6. The van der Waals surface area contributed by atoms with Crippen LogP contribution in [-0.2, 0) is 19.4 Å². The Bertz CT molecular complexity index is 1220. The van der Waals surface area contributed by atoms with Gasteiger partial charge in [0.1, 0.15) is 12.0 Å². The number of aryl methyl sites for hydroxylation is 2. The lowest BCUT2D eigenvalue weighted by atomic mass is 10.1. The molecule has 2 aromatic heterocycles. The molecule has 4 aromatic rings. The number of phenolic OH excluding ortho intramolecular Hbond substituents is 1. The maximum Gasteiger partial charge on any atom is 0.422 e. The molecular formula is C24H22N2O5. The highest BCUT2D eigenvalue weighted by molar-refractivity contribution is 5.65. The molecule has 0 saturated carbocycles. The molecule has 0 radical (unpaired) electrons. The van der Waals surface area contributed by atoms with E-state index in [1.54, 1.807) is 18.2 Å². The van der Waals surface area contributed by atoms with Crippen LogP contribution in [0, 0.1) is 0 Å². The van der Waals surface area contributed by atoms with Crippen LogP contribution in [-0.4, -0.2) is 19.8 Å². The van der Waals surface area contributed by atoms with Crippen LogP contribution in [0.2, 0.25) is 0 Å². The summed E-state index contributed by atoms with van der Waals surface area (Å²) in [7, 11) is 0. The maximum absolute atomic E-state index is 12.2. The van der Waals surface area contributed by atoms with Crippen molar-refractivity contribution < 1.29 is 19.0 Å². The molecule has 2 aromatic carbocycles. The van der Waals surface area contributed by atoms with Gasteiger partial charge in [0.25, 0.3) is 0 Å². The van der Waals surface area contributed by atoms with Crippen molar-refractivity contribution in [2.75, 3.05) is 0 Å². The lowest BCUT2D eigenvalue weighted by molar-refractivity contribution is 0.409. The normalized spacial score (nSPS) is 11.4. The van der Waals surface area contributed by atoms with E-state index in [1.807, 2.05) is 48.5 Å². The summed E-state index contributed by atoms with van der Waals surface area (Å²) in [6, 6.07) is 16.7. The van der Waals surface area contributed by atoms with Gasteiger partial charge in [-0.25, -0.2) is 14.3 Å². The van der Waals surface area contributed by atoms with E-state index in [4.69, 9.17) is 8.83 Å². The van der Waals surface area contributed by atoms with Crippen molar-refractivity contribution in [1.29, 1.82) is 0 Å². The molecule has 7 heteroatoms. The zero-order valence-corrected chi connectivity index (χ0v) is 16.8. The van der Waals surface area contributed by atoms with Crippen molar-refractivity contribution in [2.24, 2.45) is 0 Å². The molecule has 0 aliphatic rings. The van der Waals surface area contributed by atoms with Gasteiger partial charge in [0.05, 0.1) is 12.2 Å². The van der Waals surface area contributed by atoms with Crippen LogP contribution in [0.15, 0.2) is 74.5 Å². The lowest BCUT2D eigenvalue weighted by Gasteiger charge is -2.02. The minimum Gasteiger partial charge on any atom is -0.508 e. The molecule has 7 nitrogen and oxygen atoms in total. The Morgan fingerprint density at radius 3 is 2.52 bits per heavy atom. The van der Waals surface area contributed by atoms with Crippen LogP contribution in [0.3, 0.4) is 0 Å². The Hall–Kier alpha value is -4.00. The molecule has 31 heavy (non-hydrogen) atoms. The van der Waals surface area contributed by atoms with Crippen molar-refractivity contribution in [1.82, 2.24) is 9.55 Å². The minimum absolute atomic E-state index is 0.0504. The number of rotatable bonds is 8. The summed E-state index contributed by atoms with van der Waals surface area (Å²) in [6.07, 6.45) is 6.90. The van der Waals surface area contributed by atoms with E-state index < -0.39 is 5.76 Å². The summed E-state index contributed by atoms with van der Waals surface area (Å²) in [6.45, 7) is 0.0504. The van der Waals surface area contributed by atoms with E-state index in [-0.39, 0.29) is 23.9 Å². The fraction of sp³-hybridized carbons (Fsp3) is 0.167. The first-order valence-electron chi connectivity index (χ1n) is 9.95. The maximum atomic E-state index is 12.2. The first-order valence-corrected chi connectivity index (χ1v) is 9.95. The molecule has 158 valence electrons. The van der Waals surface area contributed by atoms with Gasteiger partial charge >= 0.3 is 5.76 Å². The molecule has 0 aliphatic carbocycles. The third-order valence-corrected chi connectivity index (χ3v) is 4.85. The third kappa shape index (κ3) is 5.14. The molecule has 0 spiro atoms. The molecule has 0 atom stereocenters. The smallest absolute Gasteiger partial charge is 0.422 e. The Morgan fingerprint density at radius 2 is 1.74 bits per heavy atom. The van der Waals surface area contributed by atoms with Crippen LogP contribution in [0.25, 0.3) is 12.2 Å². The van der Waals surface area contributed by atoms with E-state index in [9.17, 15) is 15.0 Å². The topological polar surface area (TPSA) is 102 Å². The molecule has 0 unspecified atom stereocenters. The third-order valence-electron chi connectivity index (χ3n) is 4.85. The number of aromatic hydroxyl groups is 2. The van der Waals surface area contributed by atoms with Crippen molar-refractivity contribution >= 4 is 12.2 Å². The quantitative estimate of drug-likeness (QED) is 0.444. The fourth-order valence-corrected chi connectivity index (χ4v) is 3.23. The number of hydrogen-bond donors (Lipinski definition) is 2. The second-order valence-corrected chi connectivity index (χ2v) is 7.14. The summed E-state index contributed by atoms with van der Waals surface area (Å²) >= 11 is 0. The van der Waals surface area contributed by atoms with Crippen molar-refractivity contribution in [3.63, 3.8) is 0 Å². The van der Waals surface area contributed by atoms with Crippen LogP contribution >= 0.6 is 0 Å². The molecule has 4 rings (SSSR count). The number of benzene rings is 2. The van der Waals surface area contributed by atoms with Gasteiger partial charge in [0.15, 0.2) is 5.76 Å². The van der Waals surface area contributed by atoms with Crippen molar-refractivity contribution in [3.8, 4) is 11.6 Å². The average Bonchev–Trinajstić information content (AvgIpc) is 3.34. The Kier molecular flexibility index (Phi) is 6.03. The first-order chi connectivity index (χ1) is 15.1. The van der Waals surface area contributed by atoms with E-state index in [1.165, 1.54) is 6.26 Å². The minimum atomic E-state index is -0.637. The van der Waals surface area contributed by atoms with Crippen LogP contribution < -0.4 is 5.76 Å². The Labute approximate surface area is 178 Å². The van der Waals surface area contributed by atoms with E-state index in [0.29, 0.717) is 24.4 Å². The molecular weight excluding hydrogens is 396 g/mol. The largest absolute Gasteiger partial charge is 0.508 e. The van der Waals surface area contributed by atoms with E-state index in [2.05, 4.69) is 4.98 Å². The zero-order valence-electron chi connectivity index (χ0n) is 16.8. The summed E-state index contributed by atoms with van der Waals surface area (Å²) in [5.41, 5.74) is 2.57. The fourth-order valence-electron chi connectivity index (χ4n) is 3.23. The summed E-state index contributed by atoms with van der Waals surface area (Å²) in [4.78, 5) is 16.5. The highest BCUT2D eigenvalue weighted by Gasteiger charge is 2.17. The van der Waals surface area contributed by atoms with Crippen LogP contribution in [0.5, 0.6) is 11.6 Å². The van der Waals surface area contributed by atoms with E-state index >= 15 is 0 Å². The Morgan fingerprint density at radius 1 is 0.968 bits per heavy atom. The standard InChI is InChI=1S/C24H22N2O5/c27-20-12-9-18(10-13-20)7-4-8-21-23(28)26(24(29)31-21)15-19-16-30-22(25-19)14-11-17-5-2-1-3-6-17/h1-3,5-6,9-14,16,27-28H,4,7-8,15H2. The van der Waals surface area contributed by atoms with Gasteiger partial charge in [-0.05, 0) is 42.2 Å². The summed E-state index contributed by atoms with van der Waals surface area (Å²) in [5.74, 6) is 0.0399. The van der Waals surface area contributed by atoms with Gasteiger partial charge in [-0.3, -0.25) is 0 Å². The van der Waals surface area contributed by atoms with Gasteiger partial charge < -0.3 is 19.0 Å². The number of oxazole rings is 2. The number of nitrogens with zero attached hydrogens (tertiary/aromatic N) is 2. The number of phenols is 1. The number of aromatic nitrogens is 2. The molecule has 0 saturated heterocycles. The molecule has 0 bridgehead atoms. The summed E-state index contributed by atoms with van der Waals surface area (Å²) in [5, 5.41) is 19.8. The van der Waals surface area contributed by atoms with Gasteiger partial charge in [0, 0.05) is 12.5 Å². The van der Waals surface area contributed by atoms with Crippen molar-refractivity contribution in [3.05, 3.63) is 99.9 Å². The molecule has 0 aliphatic heterocycles. The van der Waals surface area contributed by atoms with Gasteiger partial charge in [-0.15, -0.1) is 0 Å². The predicted octanol–water partition coefficient (Wildman–Crippen LogP) is 4.23. The summed E-state index contributed by atoms with van der Waals surface area (Å²) < 4.78 is 11.8. The SMILES string of the molecule is O=c1oc(CCCc2ccc(O)cc2)c(O)n1Cc1coc(C=Cc2ccccc2)n1. The Balaban J connectivity index is 1.38. The van der Waals surface area contributed by atoms with Crippen LogP contribution in [0.1, 0.15) is 34.9 Å². The molecule has 2 N–H and O–H groups in total. The first kappa shape index (κ1) is 20.3.